The molecule has 0 amide bonds. The van der Waals surface area contributed by atoms with E-state index in [-0.39, 0.29) is 25.2 Å². The zero-order chi connectivity index (χ0) is 42.1. The number of carbonyl (C=O) groups is 2. The van der Waals surface area contributed by atoms with Crippen LogP contribution in [0.15, 0.2) is 36.5 Å². The first kappa shape index (κ1) is 56.1. The van der Waals surface area contributed by atoms with Crippen molar-refractivity contribution in [3.63, 3.8) is 0 Å². The lowest BCUT2D eigenvalue weighted by atomic mass is 10.1. The second-order valence-electron chi connectivity index (χ2n) is 17.1. The molecular weight excluding hydrogens is 717 g/mol. The molecule has 0 saturated carbocycles. The molecule has 0 rings (SSSR count). The van der Waals surface area contributed by atoms with Crippen LogP contribution >= 0.6 is 0 Å². The number of unbranched alkanes of at least 4 members (excludes halogenated alkanes) is 30. The highest BCUT2D eigenvalue weighted by Gasteiger charge is 2.17. The summed E-state index contributed by atoms with van der Waals surface area (Å²) in [7, 11) is 0. The van der Waals surface area contributed by atoms with Crippen molar-refractivity contribution in [1.29, 1.82) is 0 Å². The molecule has 0 bridgehead atoms. The van der Waals surface area contributed by atoms with Gasteiger partial charge in [0.1, 0.15) is 6.61 Å². The molecule has 0 aromatic rings. The zero-order valence-corrected chi connectivity index (χ0v) is 39.1. The molecule has 1 unspecified atom stereocenters. The highest BCUT2D eigenvalue weighted by molar-refractivity contribution is 5.70. The number of carbonyl (C=O) groups excluding carboxylic acids is 2. The average Bonchev–Trinajstić information content (AvgIpc) is 3.22. The second kappa shape index (κ2) is 49.5. The van der Waals surface area contributed by atoms with E-state index in [1.807, 2.05) is 0 Å². The maximum absolute atomic E-state index is 12.7. The summed E-state index contributed by atoms with van der Waals surface area (Å²) in [6.07, 6.45) is 58.7. The molecule has 0 saturated heterocycles. The molecule has 0 aromatic carbocycles. The van der Waals surface area contributed by atoms with Gasteiger partial charge in [0.05, 0.1) is 6.61 Å². The van der Waals surface area contributed by atoms with Gasteiger partial charge < -0.3 is 14.2 Å². The molecule has 0 aromatic heterocycles. The number of ether oxygens (including phenoxy) is 3. The Labute approximate surface area is 361 Å². The summed E-state index contributed by atoms with van der Waals surface area (Å²) in [4.78, 5) is 25.3. The molecule has 0 aliphatic heterocycles. The third-order valence-corrected chi connectivity index (χ3v) is 11.1. The molecule has 5 heteroatoms. The summed E-state index contributed by atoms with van der Waals surface area (Å²) in [5, 5.41) is 0. The highest BCUT2D eigenvalue weighted by atomic mass is 16.6. The van der Waals surface area contributed by atoms with E-state index in [1.54, 1.807) is 0 Å². The van der Waals surface area contributed by atoms with Crippen LogP contribution in [-0.4, -0.2) is 37.9 Å². The first-order valence-corrected chi connectivity index (χ1v) is 25.5. The van der Waals surface area contributed by atoms with E-state index < -0.39 is 6.10 Å². The molecule has 0 N–H and O–H groups in total. The minimum absolute atomic E-state index is 0.0841. The third-order valence-electron chi connectivity index (χ3n) is 11.1. The largest absolute Gasteiger partial charge is 0.462 e. The van der Waals surface area contributed by atoms with E-state index in [1.165, 1.54) is 186 Å². The van der Waals surface area contributed by atoms with Crippen LogP contribution in [-0.2, 0) is 23.8 Å². The molecule has 340 valence electrons. The summed E-state index contributed by atoms with van der Waals surface area (Å²) < 4.78 is 17.3. The number of hydrogen-bond donors (Lipinski definition) is 0. The van der Waals surface area contributed by atoms with E-state index in [4.69, 9.17) is 14.2 Å². The number of esters is 2. The Morgan fingerprint density at radius 3 is 1.22 bits per heavy atom. The SMILES string of the molecule is CCC/C=C\C/C=C\CCCCCCCCOCC(COC(=O)CCCCCCCCCCC/C=C\CCCCCCCC)OC(=O)CCCCCCCCCCC. The normalized spacial score (nSPS) is 12.4. The van der Waals surface area contributed by atoms with Crippen molar-refractivity contribution in [3.05, 3.63) is 36.5 Å². The maximum Gasteiger partial charge on any atom is 0.306 e. The van der Waals surface area contributed by atoms with Gasteiger partial charge in [-0.05, 0) is 70.6 Å². The minimum atomic E-state index is -0.536. The van der Waals surface area contributed by atoms with Crippen LogP contribution in [0.2, 0.25) is 0 Å². The summed E-state index contributed by atoms with van der Waals surface area (Å²) in [5.41, 5.74) is 0. The van der Waals surface area contributed by atoms with Crippen LogP contribution < -0.4 is 0 Å². The lowest BCUT2D eigenvalue weighted by Crippen LogP contribution is -2.30. The smallest absolute Gasteiger partial charge is 0.306 e. The fourth-order valence-corrected chi connectivity index (χ4v) is 7.31. The monoisotopic (exact) mass is 815 g/mol. The summed E-state index contributed by atoms with van der Waals surface area (Å²) in [6.45, 7) is 7.76. The van der Waals surface area contributed by atoms with Gasteiger partial charge in [-0.15, -0.1) is 0 Å². The second-order valence-corrected chi connectivity index (χ2v) is 17.1. The Hall–Kier alpha value is -1.88. The first-order valence-electron chi connectivity index (χ1n) is 25.5. The first-order chi connectivity index (χ1) is 28.6. The Bertz CT molecular complexity index is 924. The quantitative estimate of drug-likeness (QED) is 0.0348. The molecule has 58 heavy (non-hydrogen) atoms. The van der Waals surface area contributed by atoms with Crippen molar-refractivity contribution in [1.82, 2.24) is 0 Å². The van der Waals surface area contributed by atoms with Crippen LogP contribution in [0.5, 0.6) is 0 Å². The van der Waals surface area contributed by atoms with Crippen LogP contribution in [0.1, 0.15) is 265 Å². The molecule has 5 nitrogen and oxygen atoms in total. The standard InChI is InChI=1S/C53H98O5/c1-4-7-10-13-16-19-21-23-25-26-27-28-29-30-32-35-37-40-43-46-52(54)57-50-51(58-53(55)47-44-41-38-34-18-15-12-9-6-3)49-56-48-45-42-39-36-33-31-24-22-20-17-14-11-8-5-2/h11,14,20,22-23,25,51H,4-10,12-13,15-19,21,24,26-50H2,1-3H3/b14-11-,22-20-,25-23-. The van der Waals surface area contributed by atoms with Gasteiger partial charge in [-0.2, -0.15) is 0 Å². The van der Waals surface area contributed by atoms with Crippen LogP contribution in [0.25, 0.3) is 0 Å². The van der Waals surface area contributed by atoms with E-state index in [9.17, 15) is 9.59 Å². The van der Waals surface area contributed by atoms with E-state index in [0.29, 0.717) is 19.4 Å². The van der Waals surface area contributed by atoms with Crippen molar-refractivity contribution < 1.29 is 23.8 Å². The Morgan fingerprint density at radius 2 is 0.759 bits per heavy atom. The molecule has 1 atom stereocenters. The lowest BCUT2D eigenvalue weighted by Gasteiger charge is -2.18. The average molecular weight is 815 g/mol. The summed E-state index contributed by atoms with van der Waals surface area (Å²) in [6, 6.07) is 0. The number of rotatable bonds is 47. The number of hydrogen-bond acceptors (Lipinski definition) is 5. The fraction of sp³-hybridized carbons (Fsp3) is 0.849. The Kier molecular flexibility index (Phi) is 47.9. The lowest BCUT2D eigenvalue weighted by molar-refractivity contribution is -0.163. The maximum atomic E-state index is 12.7. The molecule has 0 fully saturated rings. The van der Waals surface area contributed by atoms with Crippen molar-refractivity contribution in [3.8, 4) is 0 Å². The van der Waals surface area contributed by atoms with E-state index in [2.05, 4.69) is 57.2 Å². The van der Waals surface area contributed by atoms with Gasteiger partial charge in [-0.25, -0.2) is 0 Å². The number of allylic oxidation sites excluding steroid dienone is 6. The van der Waals surface area contributed by atoms with Gasteiger partial charge in [0.15, 0.2) is 6.10 Å². The van der Waals surface area contributed by atoms with E-state index >= 15 is 0 Å². The van der Waals surface area contributed by atoms with Gasteiger partial charge >= 0.3 is 11.9 Å². The minimum Gasteiger partial charge on any atom is -0.462 e. The van der Waals surface area contributed by atoms with Crippen molar-refractivity contribution in [2.75, 3.05) is 19.8 Å². The van der Waals surface area contributed by atoms with Crippen molar-refractivity contribution in [2.45, 2.75) is 271 Å². The molecular formula is C53H98O5. The van der Waals surface area contributed by atoms with Gasteiger partial charge in [-0.1, -0.05) is 218 Å². The van der Waals surface area contributed by atoms with Gasteiger partial charge in [0.2, 0.25) is 0 Å². The zero-order valence-electron chi connectivity index (χ0n) is 39.1. The van der Waals surface area contributed by atoms with Gasteiger partial charge in [0.25, 0.3) is 0 Å². The summed E-state index contributed by atoms with van der Waals surface area (Å²) >= 11 is 0. The molecule has 0 heterocycles. The molecule has 0 aliphatic carbocycles. The topological polar surface area (TPSA) is 61.8 Å². The van der Waals surface area contributed by atoms with Crippen LogP contribution in [0.3, 0.4) is 0 Å². The van der Waals surface area contributed by atoms with Crippen LogP contribution in [0.4, 0.5) is 0 Å². The third kappa shape index (κ3) is 46.8. The molecule has 0 spiro atoms. The predicted molar refractivity (Wildman–Crippen MR) is 252 cm³/mol. The highest BCUT2D eigenvalue weighted by Crippen LogP contribution is 2.15. The van der Waals surface area contributed by atoms with Crippen molar-refractivity contribution >= 4 is 11.9 Å². The van der Waals surface area contributed by atoms with E-state index in [0.717, 1.165) is 44.9 Å². The molecule has 0 radical (unpaired) electrons. The fourth-order valence-electron chi connectivity index (χ4n) is 7.31. The Morgan fingerprint density at radius 1 is 0.379 bits per heavy atom. The predicted octanol–water partition coefficient (Wildman–Crippen LogP) is 17.0. The van der Waals surface area contributed by atoms with Gasteiger partial charge in [0, 0.05) is 19.4 Å². The van der Waals surface area contributed by atoms with Crippen LogP contribution in [0, 0.1) is 0 Å². The molecule has 0 aliphatic rings. The summed E-state index contributed by atoms with van der Waals surface area (Å²) in [5.74, 6) is -0.397. The van der Waals surface area contributed by atoms with Gasteiger partial charge in [-0.3, -0.25) is 9.59 Å². The Balaban J connectivity index is 4.15. The van der Waals surface area contributed by atoms with Crippen molar-refractivity contribution in [2.24, 2.45) is 0 Å².